The molecule has 0 radical (unpaired) electrons. The number of hydrogen-bond donors (Lipinski definition) is 2. The van der Waals surface area contributed by atoms with E-state index in [9.17, 15) is 14.7 Å². The van der Waals surface area contributed by atoms with Crippen molar-refractivity contribution in [2.45, 2.75) is 52.2 Å². The average Bonchev–Trinajstić information content (AvgIpc) is 2.83. The van der Waals surface area contributed by atoms with E-state index in [1.165, 1.54) is 0 Å². The third-order valence-corrected chi connectivity index (χ3v) is 4.49. The lowest BCUT2D eigenvalue weighted by Crippen LogP contribution is -2.44. The van der Waals surface area contributed by atoms with Gasteiger partial charge in [0.2, 0.25) is 5.91 Å². The van der Waals surface area contributed by atoms with Gasteiger partial charge in [-0.1, -0.05) is 19.0 Å². The summed E-state index contributed by atoms with van der Waals surface area (Å²) in [5, 5.41) is 13.2. The molecule has 0 saturated heterocycles. The van der Waals surface area contributed by atoms with Crippen molar-refractivity contribution in [2.75, 3.05) is 7.05 Å². The van der Waals surface area contributed by atoms with Crippen LogP contribution in [0, 0.1) is 11.3 Å². The fourth-order valence-electron chi connectivity index (χ4n) is 3.09. The maximum Gasteiger partial charge on any atom is 0.438 e. The van der Waals surface area contributed by atoms with Crippen LogP contribution in [-0.2, 0) is 11.3 Å². The Morgan fingerprint density at radius 1 is 1.43 bits per heavy atom. The molecule has 0 unspecified atom stereocenters. The lowest BCUT2D eigenvalue weighted by atomic mass is 9.70. The van der Waals surface area contributed by atoms with Crippen molar-refractivity contribution in [2.24, 2.45) is 11.3 Å². The first kappa shape index (κ1) is 15.8. The third kappa shape index (κ3) is 3.53. The van der Waals surface area contributed by atoms with Crippen LogP contribution >= 0.6 is 0 Å². The van der Waals surface area contributed by atoms with Crippen molar-refractivity contribution < 1.29 is 14.4 Å². The van der Waals surface area contributed by atoms with Crippen LogP contribution in [0.3, 0.4) is 0 Å². The van der Waals surface area contributed by atoms with Gasteiger partial charge in [0, 0.05) is 12.5 Å². The van der Waals surface area contributed by atoms with Gasteiger partial charge >= 0.3 is 5.76 Å². The Bertz CT molecular complexity index is 540. The molecule has 1 fully saturated rings. The number of H-pyrrole nitrogens is 1. The van der Waals surface area contributed by atoms with Gasteiger partial charge < -0.3 is 10.0 Å². The van der Waals surface area contributed by atoms with E-state index in [2.05, 4.69) is 14.7 Å². The molecule has 1 aliphatic carbocycles. The van der Waals surface area contributed by atoms with Gasteiger partial charge in [-0.2, -0.15) is 0 Å². The zero-order valence-corrected chi connectivity index (χ0v) is 12.8. The number of amides is 1. The van der Waals surface area contributed by atoms with Crippen molar-refractivity contribution in [3.05, 3.63) is 16.4 Å². The second-order valence-corrected chi connectivity index (χ2v) is 6.43. The predicted octanol–water partition coefficient (Wildman–Crippen LogP) is 0.899. The number of aliphatic hydroxyl groups is 1. The minimum Gasteiger partial charge on any atom is -0.393 e. The molecule has 21 heavy (non-hydrogen) atoms. The number of aliphatic hydroxyl groups excluding tert-OH is 1. The first-order chi connectivity index (χ1) is 9.80. The highest BCUT2D eigenvalue weighted by atomic mass is 16.5. The summed E-state index contributed by atoms with van der Waals surface area (Å²) in [6.07, 6.45) is 2.98. The summed E-state index contributed by atoms with van der Waals surface area (Å²) in [7, 11) is 1.69. The topological polar surface area (TPSA) is 99.4 Å². The van der Waals surface area contributed by atoms with Gasteiger partial charge in [-0.15, -0.1) is 0 Å². The summed E-state index contributed by atoms with van der Waals surface area (Å²) in [5.41, 5.74) is -0.501. The van der Waals surface area contributed by atoms with Crippen molar-refractivity contribution in [1.29, 1.82) is 0 Å². The van der Waals surface area contributed by atoms with Gasteiger partial charge in [0.05, 0.1) is 12.6 Å². The van der Waals surface area contributed by atoms with Crippen molar-refractivity contribution in [3.63, 3.8) is 0 Å². The normalized spacial score (nSPS) is 23.0. The molecule has 0 aromatic carbocycles. The Labute approximate surface area is 123 Å². The number of carbonyl (C=O) groups excluding carboxylic acids is 1. The fourth-order valence-corrected chi connectivity index (χ4v) is 3.09. The molecule has 1 aliphatic rings. The molecule has 1 amide bonds. The summed E-state index contributed by atoms with van der Waals surface area (Å²) in [6, 6.07) is 0. The quantitative estimate of drug-likeness (QED) is 0.860. The summed E-state index contributed by atoms with van der Waals surface area (Å²) in [6.45, 7) is 4.10. The van der Waals surface area contributed by atoms with E-state index < -0.39 is 11.2 Å². The first-order valence-electron chi connectivity index (χ1n) is 7.29. The van der Waals surface area contributed by atoms with E-state index in [1.54, 1.807) is 11.9 Å². The number of carbonyl (C=O) groups is 1. The van der Waals surface area contributed by atoms with Gasteiger partial charge in [0.1, 0.15) is 0 Å². The van der Waals surface area contributed by atoms with E-state index in [4.69, 9.17) is 0 Å². The highest BCUT2D eigenvalue weighted by molar-refractivity contribution is 5.82. The zero-order chi connectivity index (χ0) is 15.6. The molecule has 0 bridgehead atoms. The Balaban J connectivity index is 2.01. The van der Waals surface area contributed by atoms with Crippen LogP contribution in [0.1, 0.15) is 45.4 Å². The lowest BCUT2D eigenvalue weighted by molar-refractivity contribution is -0.144. The number of aromatic nitrogens is 2. The molecule has 1 heterocycles. The van der Waals surface area contributed by atoms with Crippen molar-refractivity contribution in [1.82, 2.24) is 15.0 Å². The number of nitrogens with one attached hydrogen (secondary N) is 1. The summed E-state index contributed by atoms with van der Waals surface area (Å²) in [5.74, 6) is -0.0166. The number of aromatic amines is 1. The van der Waals surface area contributed by atoms with Crippen LogP contribution in [0.25, 0.3) is 0 Å². The van der Waals surface area contributed by atoms with Crippen molar-refractivity contribution >= 4 is 5.91 Å². The van der Waals surface area contributed by atoms with Crippen LogP contribution in [0.4, 0.5) is 0 Å². The Hall–Kier alpha value is -1.63. The highest BCUT2D eigenvalue weighted by Gasteiger charge is 2.40. The second-order valence-electron chi connectivity index (χ2n) is 6.43. The summed E-state index contributed by atoms with van der Waals surface area (Å²) < 4.78 is 4.43. The zero-order valence-electron chi connectivity index (χ0n) is 12.8. The van der Waals surface area contributed by atoms with Crippen LogP contribution in [0.2, 0.25) is 0 Å². The average molecular weight is 297 g/mol. The molecule has 2 N–H and O–H groups in total. The Morgan fingerprint density at radius 3 is 2.57 bits per heavy atom. The molecule has 2 rings (SSSR count). The first-order valence-corrected chi connectivity index (χ1v) is 7.29. The van der Waals surface area contributed by atoms with E-state index in [1.807, 2.05) is 13.8 Å². The van der Waals surface area contributed by atoms with E-state index in [-0.39, 0.29) is 24.5 Å². The molecule has 118 valence electrons. The standard InChI is InChI=1S/C14H23N3O4/c1-14(2,9-4-6-10(18)7-5-9)12(19)17(3)8-11-15-13(20)21-16-11/h9-10,18H,4-8H2,1-3H3,(H,15,16,20). The van der Waals surface area contributed by atoms with Gasteiger partial charge in [0.15, 0.2) is 5.82 Å². The molecule has 1 aromatic heterocycles. The molecular formula is C14H23N3O4. The fraction of sp³-hybridized carbons (Fsp3) is 0.786. The summed E-state index contributed by atoms with van der Waals surface area (Å²) >= 11 is 0. The van der Waals surface area contributed by atoms with E-state index in [0.717, 1.165) is 25.7 Å². The number of rotatable bonds is 4. The molecule has 1 saturated carbocycles. The van der Waals surface area contributed by atoms with Crippen molar-refractivity contribution in [3.8, 4) is 0 Å². The maximum atomic E-state index is 12.7. The van der Waals surface area contributed by atoms with Crippen LogP contribution in [0.15, 0.2) is 9.32 Å². The van der Waals surface area contributed by atoms with E-state index in [0.29, 0.717) is 5.82 Å². The van der Waals surface area contributed by atoms with E-state index >= 15 is 0 Å². The third-order valence-electron chi connectivity index (χ3n) is 4.49. The largest absolute Gasteiger partial charge is 0.438 e. The van der Waals surface area contributed by atoms with Gasteiger partial charge in [-0.05, 0) is 31.6 Å². The van der Waals surface area contributed by atoms with Gasteiger partial charge in [-0.3, -0.25) is 14.3 Å². The molecule has 0 spiro atoms. The van der Waals surface area contributed by atoms with Gasteiger partial charge in [-0.25, -0.2) is 4.79 Å². The van der Waals surface area contributed by atoms with Gasteiger partial charge in [0.25, 0.3) is 0 Å². The lowest BCUT2D eigenvalue weighted by Gasteiger charge is -2.39. The Kier molecular flexibility index (Phi) is 4.51. The minimum atomic E-state index is -0.619. The Morgan fingerprint density at radius 2 is 2.05 bits per heavy atom. The second kappa shape index (κ2) is 6.01. The molecule has 1 aromatic rings. The van der Waals surface area contributed by atoms with Crippen LogP contribution in [-0.4, -0.2) is 39.2 Å². The summed E-state index contributed by atoms with van der Waals surface area (Å²) in [4.78, 5) is 27.6. The molecule has 7 nitrogen and oxygen atoms in total. The molecular weight excluding hydrogens is 274 g/mol. The van der Waals surface area contributed by atoms with Crippen LogP contribution < -0.4 is 5.76 Å². The number of hydrogen-bond acceptors (Lipinski definition) is 5. The molecule has 0 atom stereocenters. The molecule has 0 aliphatic heterocycles. The molecule has 7 heteroatoms. The smallest absolute Gasteiger partial charge is 0.393 e. The maximum absolute atomic E-state index is 12.7. The predicted molar refractivity (Wildman–Crippen MR) is 75.3 cm³/mol. The highest BCUT2D eigenvalue weighted by Crippen LogP contribution is 2.39. The SMILES string of the molecule is CN(Cc1noc(=O)[nH]1)C(=O)C(C)(C)C1CCC(O)CC1. The van der Waals surface area contributed by atoms with Crippen LogP contribution in [0.5, 0.6) is 0 Å². The minimum absolute atomic E-state index is 0.00717. The monoisotopic (exact) mass is 297 g/mol. The number of nitrogens with zero attached hydrogens (tertiary/aromatic N) is 2.